The summed E-state index contributed by atoms with van der Waals surface area (Å²) in [7, 11) is 0. The molecule has 0 fully saturated rings. The molecule has 6 heteroatoms. The van der Waals surface area contributed by atoms with E-state index in [9.17, 15) is 4.79 Å². The second-order valence-corrected chi connectivity index (χ2v) is 7.02. The first-order valence-electron chi connectivity index (χ1n) is 6.14. The Morgan fingerprint density at radius 1 is 1.56 bits per heavy atom. The van der Waals surface area contributed by atoms with Gasteiger partial charge in [-0.25, -0.2) is 4.98 Å². The van der Waals surface area contributed by atoms with Gasteiger partial charge in [-0.05, 0) is 27.2 Å². The Kier molecular flexibility index (Phi) is 5.95. The molecule has 1 aromatic heterocycles. The van der Waals surface area contributed by atoms with Crippen LogP contribution in [0.5, 0.6) is 0 Å². The summed E-state index contributed by atoms with van der Waals surface area (Å²) in [5.41, 5.74) is 6.55. The molecule has 1 amide bonds. The van der Waals surface area contributed by atoms with E-state index in [-0.39, 0.29) is 17.2 Å². The van der Waals surface area contributed by atoms with Crippen molar-refractivity contribution in [2.75, 3.05) is 5.73 Å². The van der Waals surface area contributed by atoms with E-state index < -0.39 is 0 Å². The zero-order valence-electron chi connectivity index (χ0n) is 11.3. The van der Waals surface area contributed by atoms with Crippen molar-refractivity contribution in [1.82, 2.24) is 10.3 Å². The molecular weight excluding hydrogens is 266 g/mol. The first-order chi connectivity index (χ1) is 8.43. The molecule has 0 aliphatic heterocycles. The molecule has 0 aromatic carbocycles. The number of rotatable bonds is 6. The SMILES string of the molecule is CCCC(C)NC(=O)C(C)Sc1sc(N)nc1C. The van der Waals surface area contributed by atoms with Gasteiger partial charge in [-0.1, -0.05) is 24.7 Å². The summed E-state index contributed by atoms with van der Waals surface area (Å²) in [5.74, 6) is 0.0762. The number of carbonyl (C=O) groups is 1. The maximum Gasteiger partial charge on any atom is 0.233 e. The molecule has 0 radical (unpaired) electrons. The van der Waals surface area contributed by atoms with Crippen LogP contribution >= 0.6 is 23.1 Å². The van der Waals surface area contributed by atoms with Gasteiger partial charge < -0.3 is 11.1 Å². The maximum absolute atomic E-state index is 12.0. The van der Waals surface area contributed by atoms with Crippen LogP contribution in [0.3, 0.4) is 0 Å². The van der Waals surface area contributed by atoms with Crippen molar-refractivity contribution in [3.05, 3.63) is 5.69 Å². The van der Waals surface area contributed by atoms with E-state index in [1.807, 2.05) is 20.8 Å². The second kappa shape index (κ2) is 6.99. The van der Waals surface area contributed by atoms with Crippen molar-refractivity contribution < 1.29 is 4.79 Å². The number of aryl methyl sites for hydroxylation is 1. The third kappa shape index (κ3) is 4.49. The fourth-order valence-corrected chi connectivity index (χ4v) is 3.75. The number of nitrogen functional groups attached to an aromatic ring is 1. The molecule has 0 saturated carbocycles. The third-order valence-corrected chi connectivity index (χ3v) is 4.93. The summed E-state index contributed by atoms with van der Waals surface area (Å²) in [5, 5.41) is 3.46. The molecule has 1 aromatic rings. The van der Waals surface area contributed by atoms with Crippen molar-refractivity contribution in [2.24, 2.45) is 0 Å². The van der Waals surface area contributed by atoms with Crippen LogP contribution in [0.1, 0.15) is 39.3 Å². The Morgan fingerprint density at radius 2 is 2.22 bits per heavy atom. The topological polar surface area (TPSA) is 68.0 Å². The number of nitrogens with zero attached hydrogens (tertiary/aromatic N) is 1. The lowest BCUT2D eigenvalue weighted by molar-refractivity contribution is -0.120. The molecule has 2 atom stereocenters. The summed E-state index contributed by atoms with van der Waals surface area (Å²) >= 11 is 2.96. The molecule has 18 heavy (non-hydrogen) atoms. The molecule has 0 aliphatic rings. The molecule has 4 nitrogen and oxygen atoms in total. The summed E-state index contributed by atoms with van der Waals surface area (Å²) in [6.07, 6.45) is 2.09. The fourth-order valence-electron chi connectivity index (χ4n) is 1.59. The van der Waals surface area contributed by atoms with E-state index in [2.05, 4.69) is 17.2 Å². The van der Waals surface area contributed by atoms with Gasteiger partial charge in [0, 0.05) is 6.04 Å². The van der Waals surface area contributed by atoms with E-state index in [4.69, 9.17) is 5.73 Å². The lowest BCUT2D eigenvalue weighted by Crippen LogP contribution is -2.37. The zero-order chi connectivity index (χ0) is 13.7. The number of hydrogen-bond donors (Lipinski definition) is 2. The molecule has 0 spiro atoms. The molecule has 1 rings (SSSR count). The van der Waals surface area contributed by atoms with Crippen LogP contribution in [-0.2, 0) is 4.79 Å². The molecule has 3 N–H and O–H groups in total. The molecule has 2 unspecified atom stereocenters. The van der Waals surface area contributed by atoms with Crippen LogP contribution in [-0.4, -0.2) is 22.2 Å². The Bertz CT molecular complexity index is 406. The minimum Gasteiger partial charge on any atom is -0.375 e. The summed E-state index contributed by atoms with van der Waals surface area (Å²) in [6.45, 7) is 7.98. The minimum atomic E-state index is -0.122. The quantitative estimate of drug-likeness (QED) is 0.789. The number of amides is 1. The predicted molar refractivity (Wildman–Crippen MR) is 79.1 cm³/mol. The van der Waals surface area contributed by atoms with E-state index in [0.29, 0.717) is 5.13 Å². The van der Waals surface area contributed by atoms with Crippen molar-refractivity contribution >= 4 is 34.1 Å². The molecule has 1 heterocycles. The Hall–Kier alpha value is -0.750. The lowest BCUT2D eigenvalue weighted by atomic mass is 10.2. The van der Waals surface area contributed by atoms with E-state index >= 15 is 0 Å². The first-order valence-corrected chi connectivity index (χ1v) is 7.83. The first kappa shape index (κ1) is 15.3. The standard InChI is InChI=1S/C12H21N3OS2/c1-5-6-7(2)14-10(16)9(4)17-11-8(3)15-12(13)18-11/h7,9H,5-6H2,1-4H3,(H2,13,15)(H,14,16). The maximum atomic E-state index is 12.0. The van der Waals surface area contributed by atoms with Gasteiger partial charge in [0.05, 0.1) is 15.2 Å². The van der Waals surface area contributed by atoms with E-state index in [1.165, 1.54) is 23.1 Å². The van der Waals surface area contributed by atoms with Crippen LogP contribution in [0, 0.1) is 6.92 Å². The Balaban J connectivity index is 2.52. The van der Waals surface area contributed by atoms with Crippen LogP contribution in [0.2, 0.25) is 0 Å². The van der Waals surface area contributed by atoms with E-state index in [1.54, 1.807) is 0 Å². The summed E-state index contributed by atoms with van der Waals surface area (Å²) in [6, 6.07) is 0.234. The van der Waals surface area contributed by atoms with Gasteiger partial charge in [0.2, 0.25) is 5.91 Å². The monoisotopic (exact) mass is 287 g/mol. The van der Waals surface area contributed by atoms with Gasteiger partial charge in [-0.15, -0.1) is 11.8 Å². The second-order valence-electron chi connectivity index (χ2n) is 4.38. The number of anilines is 1. The van der Waals surface area contributed by atoms with Crippen molar-refractivity contribution in [3.63, 3.8) is 0 Å². The van der Waals surface area contributed by atoms with Crippen LogP contribution < -0.4 is 11.1 Å². The van der Waals surface area contributed by atoms with Crippen LogP contribution in [0.25, 0.3) is 0 Å². The number of nitrogens with two attached hydrogens (primary N) is 1. The highest BCUT2D eigenvalue weighted by Crippen LogP contribution is 2.33. The normalized spacial score (nSPS) is 14.2. The fraction of sp³-hybridized carbons (Fsp3) is 0.667. The number of aromatic nitrogens is 1. The average molecular weight is 287 g/mol. The number of thiazole rings is 1. The molecule has 102 valence electrons. The molecule has 0 saturated heterocycles. The van der Waals surface area contributed by atoms with Gasteiger partial charge >= 0.3 is 0 Å². The van der Waals surface area contributed by atoms with Gasteiger partial charge in [0.1, 0.15) is 0 Å². The minimum absolute atomic E-state index is 0.0762. The largest absolute Gasteiger partial charge is 0.375 e. The van der Waals surface area contributed by atoms with Crippen molar-refractivity contribution in [2.45, 2.75) is 56.0 Å². The summed E-state index contributed by atoms with van der Waals surface area (Å²) < 4.78 is 1.03. The molecule has 0 aliphatic carbocycles. The number of thioether (sulfide) groups is 1. The van der Waals surface area contributed by atoms with Gasteiger partial charge in [-0.2, -0.15) is 0 Å². The van der Waals surface area contributed by atoms with Crippen LogP contribution in [0.4, 0.5) is 5.13 Å². The predicted octanol–water partition coefficient (Wildman–Crippen LogP) is 2.82. The zero-order valence-corrected chi connectivity index (χ0v) is 13.0. The van der Waals surface area contributed by atoms with Crippen LogP contribution in [0.15, 0.2) is 4.21 Å². The highest BCUT2D eigenvalue weighted by atomic mass is 32.2. The average Bonchev–Trinajstić information content (AvgIpc) is 2.57. The summed E-state index contributed by atoms with van der Waals surface area (Å²) in [4.78, 5) is 16.1. The van der Waals surface area contributed by atoms with Gasteiger partial charge in [-0.3, -0.25) is 4.79 Å². The highest BCUT2D eigenvalue weighted by Gasteiger charge is 2.18. The number of carbonyl (C=O) groups excluding carboxylic acids is 1. The molecule has 0 bridgehead atoms. The van der Waals surface area contributed by atoms with Crippen molar-refractivity contribution in [3.8, 4) is 0 Å². The smallest absolute Gasteiger partial charge is 0.233 e. The van der Waals surface area contributed by atoms with E-state index in [0.717, 1.165) is 22.7 Å². The van der Waals surface area contributed by atoms with Gasteiger partial charge in [0.25, 0.3) is 0 Å². The number of nitrogens with one attached hydrogen (secondary N) is 1. The third-order valence-electron chi connectivity index (χ3n) is 2.53. The highest BCUT2D eigenvalue weighted by molar-refractivity contribution is 8.02. The lowest BCUT2D eigenvalue weighted by Gasteiger charge is -2.16. The molecular formula is C12H21N3OS2. The van der Waals surface area contributed by atoms with Crippen molar-refractivity contribution in [1.29, 1.82) is 0 Å². The van der Waals surface area contributed by atoms with Gasteiger partial charge in [0.15, 0.2) is 5.13 Å². The number of hydrogen-bond acceptors (Lipinski definition) is 5. The Morgan fingerprint density at radius 3 is 2.72 bits per heavy atom. The Labute approximate surface area is 117 Å².